The quantitative estimate of drug-likeness (QED) is 0.870. The third-order valence-corrected chi connectivity index (χ3v) is 3.76. The molecule has 1 unspecified atom stereocenters. The van der Waals surface area contributed by atoms with E-state index in [1.807, 2.05) is 24.4 Å². The average Bonchev–Trinajstić information content (AvgIpc) is 2.47. The summed E-state index contributed by atoms with van der Waals surface area (Å²) in [6, 6.07) is 10.5. The molecule has 1 N–H and O–H groups in total. The van der Waals surface area contributed by atoms with Crippen LogP contribution in [0, 0.1) is 0 Å². The number of methoxy groups -OCH3 is 1. The van der Waals surface area contributed by atoms with Crippen molar-refractivity contribution in [3.8, 4) is 0 Å². The summed E-state index contributed by atoms with van der Waals surface area (Å²) in [5, 5.41) is 4.74. The van der Waals surface area contributed by atoms with Gasteiger partial charge in [0.2, 0.25) is 0 Å². The number of hydrogen-bond acceptors (Lipinski definition) is 3. The molecule has 0 aliphatic rings. The molecule has 0 spiro atoms. The largest absolute Gasteiger partial charge is 0.377 e. The van der Waals surface area contributed by atoms with Crippen LogP contribution in [0.5, 0.6) is 0 Å². The summed E-state index contributed by atoms with van der Waals surface area (Å²) in [5.74, 6) is 0. The average molecular weight is 272 g/mol. The van der Waals surface area contributed by atoms with Gasteiger partial charge in [0.15, 0.2) is 0 Å². The van der Waals surface area contributed by atoms with Gasteiger partial charge in [0.05, 0.1) is 17.2 Å². The van der Waals surface area contributed by atoms with Gasteiger partial charge in [-0.25, -0.2) is 0 Å². The lowest BCUT2D eigenvalue weighted by Gasteiger charge is -2.34. The molecule has 0 saturated carbocycles. The molecule has 0 aliphatic carbocycles. The molecule has 1 aromatic heterocycles. The second-order valence-electron chi connectivity index (χ2n) is 5.66. The maximum Gasteiger partial charge on any atom is 0.0817 e. The van der Waals surface area contributed by atoms with Crippen LogP contribution in [0.4, 0.5) is 0 Å². The van der Waals surface area contributed by atoms with E-state index < -0.39 is 0 Å². The lowest BCUT2D eigenvalue weighted by atomic mass is 9.91. The van der Waals surface area contributed by atoms with Crippen LogP contribution in [0.25, 0.3) is 10.9 Å². The number of nitrogens with zero attached hydrogens (tertiary/aromatic N) is 1. The highest BCUT2D eigenvalue weighted by Crippen LogP contribution is 2.29. The number of fused-ring (bicyclic) bond motifs is 1. The minimum absolute atomic E-state index is 0.129. The van der Waals surface area contributed by atoms with E-state index in [-0.39, 0.29) is 11.6 Å². The van der Waals surface area contributed by atoms with E-state index in [1.165, 1.54) is 10.9 Å². The van der Waals surface area contributed by atoms with E-state index in [2.05, 4.69) is 43.2 Å². The molecular formula is C17H24N2O. The molecule has 0 bridgehead atoms. The van der Waals surface area contributed by atoms with E-state index in [4.69, 9.17) is 4.74 Å². The summed E-state index contributed by atoms with van der Waals surface area (Å²) < 4.78 is 5.67. The molecule has 0 amide bonds. The fraction of sp³-hybridized carbons (Fsp3) is 0.471. The first-order chi connectivity index (χ1) is 9.58. The predicted molar refractivity (Wildman–Crippen MR) is 83.9 cm³/mol. The van der Waals surface area contributed by atoms with Gasteiger partial charge in [-0.1, -0.05) is 25.1 Å². The highest BCUT2D eigenvalue weighted by Gasteiger charge is 2.30. The van der Waals surface area contributed by atoms with Crippen LogP contribution in [0.15, 0.2) is 36.5 Å². The Morgan fingerprint density at radius 3 is 2.75 bits per heavy atom. The summed E-state index contributed by atoms with van der Waals surface area (Å²) in [4.78, 5) is 4.56. The summed E-state index contributed by atoms with van der Waals surface area (Å²) in [7, 11) is 1.76. The van der Waals surface area contributed by atoms with E-state index in [0.29, 0.717) is 0 Å². The molecule has 0 aliphatic heterocycles. The van der Waals surface area contributed by atoms with Gasteiger partial charge in [-0.3, -0.25) is 4.98 Å². The molecule has 108 valence electrons. The number of hydrogen-bond donors (Lipinski definition) is 1. The van der Waals surface area contributed by atoms with Crippen molar-refractivity contribution >= 4 is 10.9 Å². The van der Waals surface area contributed by atoms with Crippen LogP contribution in [-0.4, -0.2) is 24.2 Å². The topological polar surface area (TPSA) is 34.2 Å². The van der Waals surface area contributed by atoms with Crippen LogP contribution in [-0.2, 0) is 4.74 Å². The molecule has 1 atom stereocenters. The monoisotopic (exact) mass is 272 g/mol. The van der Waals surface area contributed by atoms with Crippen molar-refractivity contribution in [1.82, 2.24) is 10.3 Å². The SMILES string of the molecule is CCCNC(c1cnc2ccccc2c1)C(C)(C)OC. The number of ether oxygens (including phenoxy) is 1. The molecule has 0 saturated heterocycles. The molecular weight excluding hydrogens is 248 g/mol. The molecule has 3 heteroatoms. The first-order valence-electron chi connectivity index (χ1n) is 7.21. The van der Waals surface area contributed by atoms with E-state index in [1.54, 1.807) is 7.11 Å². The van der Waals surface area contributed by atoms with Crippen LogP contribution in [0.1, 0.15) is 38.8 Å². The number of aromatic nitrogens is 1. The van der Waals surface area contributed by atoms with Crippen molar-refractivity contribution in [1.29, 1.82) is 0 Å². The third kappa shape index (κ3) is 3.17. The van der Waals surface area contributed by atoms with Gasteiger partial charge in [0.1, 0.15) is 0 Å². The van der Waals surface area contributed by atoms with Crippen molar-refractivity contribution in [2.45, 2.75) is 38.8 Å². The normalized spacial score (nSPS) is 13.6. The Morgan fingerprint density at radius 2 is 2.05 bits per heavy atom. The fourth-order valence-corrected chi connectivity index (χ4v) is 2.42. The summed E-state index contributed by atoms with van der Waals surface area (Å²) in [6.45, 7) is 7.35. The zero-order valence-electron chi connectivity index (χ0n) is 12.8. The van der Waals surface area contributed by atoms with Crippen molar-refractivity contribution in [2.75, 3.05) is 13.7 Å². The Kier molecular flexibility index (Phi) is 4.73. The van der Waals surface area contributed by atoms with Crippen molar-refractivity contribution < 1.29 is 4.74 Å². The van der Waals surface area contributed by atoms with Crippen LogP contribution in [0.3, 0.4) is 0 Å². The van der Waals surface area contributed by atoms with Crippen molar-refractivity contribution in [3.63, 3.8) is 0 Å². The van der Waals surface area contributed by atoms with E-state index in [0.717, 1.165) is 18.5 Å². The van der Waals surface area contributed by atoms with Crippen LogP contribution >= 0.6 is 0 Å². The van der Waals surface area contributed by atoms with E-state index in [9.17, 15) is 0 Å². The first-order valence-corrected chi connectivity index (χ1v) is 7.21. The second kappa shape index (κ2) is 6.33. The summed E-state index contributed by atoms with van der Waals surface area (Å²) in [5.41, 5.74) is 1.92. The highest BCUT2D eigenvalue weighted by atomic mass is 16.5. The molecule has 2 rings (SSSR count). The minimum atomic E-state index is -0.278. The maximum atomic E-state index is 5.67. The maximum absolute atomic E-state index is 5.67. The van der Waals surface area contributed by atoms with Crippen molar-refractivity contribution in [2.24, 2.45) is 0 Å². The van der Waals surface area contributed by atoms with Gasteiger partial charge in [0, 0.05) is 18.7 Å². The Balaban J connectivity index is 2.39. The summed E-state index contributed by atoms with van der Waals surface area (Å²) >= 11 is 0. The lowest BCUT2D eigenvalue weighted by Crippen LogP contribution is -2.41. The zero-order chi connectivity index (χ0) is 14.6. The van der Waals surface area contributed by atoms with Crippen molar-refractivity contribution in [3.05, 3.63) is 42.1 Å². The number of nitrogens with one attached hydrogen (secondary N) is 1. The molecule has 2 aromatic rings. The van der Waals surface area contributed by atoms with Crippen LogP contribution in [0.2, 0.25) is 0 Å². The number of para-hydroxylation sites is 1. The molecule has 0 fully saturated rings. The Bertz CT molecular complexity index is 566. The third-order valence-electron chi connectivity index (χ3n) is 3.76. The second-order valence-corrected chi connectivity index (χ2v) is 5.66. The van der Waals surface area contributed by atoms with Crippen LogP contribution < -0.4 is 5.32 Å². The lowest BCUT2D eigenvalue weighted by molar-refractivity contribution is -0.0111. The molecule has 3 nitrogen and oxygen atoms in total. The molecule has 20 heavy (non-hydrogen) atoms. The van der Waals surface area contributed by atoms with Gasteiger partial charge < -0.3 is 10.1 Å². The molecule has 1 aromatic carbocycles. The Labute approximate surface area is 121 Å². The number of benzene rings is 1. The van der Waals surface area contributed by atoms with Gasteiger partial charge in [-0.05, 0) is 44.5 Å². The highest BCUT2D eigenvalue weighted by molar-refractivity contribution is 5.78. The number of rotatable bonds is 6. The standard InChI is InChI=1S/C17H24N2O/c1-5-10-18-16(17(2,3)20-4)14-11-13-8-6-7-9-15(13)19-12-14/h6-9,11-12,16,18H,5,10H2,1-4H3. The fourth-order valence-electron chi connectivity index (χ4n) is 2.42. The Hall–Kier alpha value is -1.45. The Morgan fingerprint density at radius 1 is 1.30 bits per heavy atom. The molecule has 0 radical (unpaired) electrons. The number of pyridine rings is 1. The first kappa shape index (κ1) is 14.9. The zero-order valence-corrected chi connectivity index (χ0v) is 12.8. The molecule has 1 heterocycles. The van der Waals surface area contributed by atoms with Gasteiger partial charge in [0.25, 0.3) is 0 Å². The van der Waals surface area contributed by atoms with Gasteiger partial charge in [-0.15, -0.1) is 0 Å². The van der Waals surface area contributed by atoms with Gasteiger partial charge in [-0.2, -0.15) is 0 Å². The summed E-state index contributed by atoms with van der Waals surface area (Å²) in [6.07, 6.45) is 3.05. The smallest absolute Gasteiger partial charge is 0.0817 e. The van der Waals surface area contributed by atoms with Gasteiger partial charge >= 0.3 is 0 Å². The predicted octanol–water partition coefficient (Wildman–Crippen LogP) is 3.70. The van der Waals surface area contributed by atoms with E-state index >= 15 is 0 Å². The minimum Gasteiger partial charge on any atom is -0.377 e.